The van der Waals surface area contributed by atoms with Gasteiger partial charge in [-0.15, -0.1) is 11.3 Å². The normalized spacial score (nSPS) is 12.1. The minimum Gasteiger partial charge on any atom is -0.461 e. The van der Waals surface area contributed by atoms with Crippen molar-refractivity contribution in [1.29, 1.82) is 0 Å². The van der Waals surface area contributed by atoms with E-state index in [0.717, 1.165) is 16.3 Å². The number of carbonyl (C=O) groups is 1. The van der Waals surface area contributed by atoms with Gasteiger partial charge in [-0.2, -0.15) is 0 Å². The van der Waals surface area contributed by atoms with Crippen LogP contribution in [0.3, 0.4) is 0 Å². The lowest BCUT2D eigenvalue weighted by Gasteiger charge is -2.07. The fourth-order valence-electron chi connectivity index (χ4n) is 1.85. The number of ether oxygens (including phenoxy) is 2. The van der Waals surface area contributed by atoms with Gasteiger partial charge in [0.05, 0.1) is 12.1 Å². The van der Waals surface area contributed by atoms with Gasteiger partial charge in [0.2, 0.25) is 0 Å². The number of rotatable bonds is 7. The van der Waals surface area contributed by atoms with E-state index < -0.39 is 0 Å². The van der Waals surface area contributed by atoms with Crippen LogP contribution in [0.15, 0.2) is 35.7 Å². The maximum atomic E-state index is 11.8. The van der Waals surface area contributed by atoms with E-state index in [0.29, 0.717) is 13.2 Å². The van der Waals surface area contributed by atoms with Crippen LogP contribution in [0.25, 0.3) is 0 Å². The molecular weight excluding hydrogens is 286 g/mol. The van der Waals surface area contributed by atoms with Gasteiger partial charge < -0.3 is 9.47 Å². The highest BCUT2D eigenvalue weighted by atomic mass is 32.1. The van der Waals surface area contributed by atoms with Gasteiger partial charge in [0.15, 0.2) is 0 Å². The van der Waals surface area contributed by atoms with Crippen molar-refractivity contribution in [2.24, 2.45) is 0 Å². The van der Waals surface area contributed by atoms with Crippen LogP contribution >= 0.6 is 11.3 Å². The third-order valence-corrected chi connectivity index (χ3v) is 3.96. The topological polar surface area (TPSA) is 48.4 Å². The molecule has 2 aromatic rings. The molecule has 0 amide bonds. The van der Waals surface area contributed by atoms with E-state index in [9.17, 15) is 4.79 Å². The summed E-state index contributed by atoms with van der Waals surface area (Å²) in [5.74, 6) is -0.264. The average molecular weight is 305 g/mol. The van der Waals surface area contributed by atoms with Gasteiger partial charge in [-0.3, -0.25) is 4.79 Å². The number of carbonyl (C=O) groups excluding carboxylic acids is 1. The minimum atomic E-state index is -0.264. The van der Waals surface area contributed by atoms with Crippen molar-refractivity contribution in [3.63, 3.8) is 0 Å². The van der Waals surface area contributed by atoms with Crippen molar-refractivity contribution in [3.8, 4) is 0 Å². The Morgan fingerprint density at radius 2 is 2.10 bits per heavy atom. The Morgan fingerprint density at radius 1 is 1.33 bits per heavy atom. The molecule has 0 aliphatic carbocycles. The van der Waals surface area contributed by atoms with Gasteiger partial charge >= 0.3 is 5.97 Å². The van der Waals surface area contributed by atoms with Crippen LogP contribution in [-0.4, -0.2) is 17.6 Å². The molecule has 0 saturated carbocycles. The lowest BCUT2D eigenvalue weighted by Crippen LogP contribution is -2.08. The maximum Gasteiger partial charge on any atom is 0.312 e. The van der Waals surface area contributed by atoms with Gasteiger partial charge in [0.1, 0.15) is 17.7 Å². The summed E-state index contributed by atoms with van der Waals surface area (Å²) in [5.41, 5.74) is 1.72. The monoisotopic (exact) mass is 305 g/mol. The number of hydrogen-bond donors (Lipinski definition) is 0. The molecule has 0 spiro atoms. The van der Waals surface area contributed by atoms with Crippen molar-refractivity contribution < 1.29 is 14.3 Å². The molecule has 0 radical (unpaired) electrons. The SMILES string of the molecule is CCOC(C)c1nc(CC(=O)OCc2ccccc2)cs1. The quantitative estimate of drug-likeness (QED) is 0.734. The Hall–Kier alpha value is -1.72. The predicted molar refractivity (Wildman–Crippen MR) is 82.1 cm³/mol. The molecule has 1 aromatic heterocycles. The number of aromatic nitrogens is 1. The number of nitrogens with zero attached hydrogens (tertiary/aromatic N) is 1. The zero-order chi connectivity index (χ0) is 15.1. The van der Waals surface area contributed by atoms with Crippen LogP contribution in [-0.2, 0) is 27.3 Å². The summed E-state index contributed by atoms with van der Waals surface area (Å²) in [4.78, 5) is 16.2. The summed E-state index contributed by atoms with van der Waals surface area (Å²) in [6.07, 6.45) is 0.163. The Labute approximate surface area is 128 Å². The smallest absolute Gasteiger partial charge is 0.312 e. The van der Waals surface area contributed by atoms with E-state index in [-0.39, 0.29) is 18.5 Å². The van der Waals surface area contributed by atoms with Crippen LogP contribution in [0.1, 0.15) is 36.2 Å². The highest BCUT2D eigenvalue weighted by Gasteiger charge is 2.13. The molecule has 0 fully saturated rings. The average Bonchev–Trinajstić information content (AvgIpc) is 2.95. The molecule has 0 aliphatic rings. The second-order valence-corrected chi connectivity index (χ2v) is 5.49. The van der Waals surface area contributed by atoms with Gasteiger partial charge in [0, 0.05) is 12.0 Å². The second-order valence-electron chi connectivity index (χ2n) is 4.60. The number of thiazole rings is 1. The zero-order valence-corrected chi connectivity index (χ0v) is 13.1. The first kappa shape index (κ1) is 15.7. The molecule has 0 bridgehead atoms. The van der Waals surface area contributed by atoms with E-state index in [1.165, 1.54) is 11.3 Å². The van der Waals surface area contributed by atoms with Gasteiger partial charge in [0.25, 0.3) is 0 Å². The van der Waals surface area contributed by atoms with Crippen molar-refractivity contribution in [1.82, 2.24) is 4.98 Å². The van der Waals surface area contributed by atoms with E-state index in [1.807, 2.05) is 49.6 Å². The molecule has 1 atom stereocenters. The van der Waals surface area contributed by atoms with E-state index in [1.54, 1.807) is 0 Å². The van der Waals surface area contributed by atoms with Crippen LogP contribution < -0.4 is 0 Å². The fourth-order valence-corrected chi connectivity index (χ4v) is 2.67. The van der Waals surface area contributed by atoms with E-state index >= 15 is 0 Å². The molecule has 2 rings (SSSR count). The zero-order valence-electron chi connectivity index (χ0n) is 12.2. The molecule has 1 heterocycles. The number of hydrogen-bond acceptors (Lipinski definition) is 5. The molecule has 112 valence electrons. The molecule has 5 heteroatoms. The summed E-state index contributed by atoms with van der Waals surface area (Å²) in [5, 5.41) is 2.77. The number of esters is 1. The summed E-state index contributed by atoms with van der Waals surface area (Å²) < 4.78 is 10.7. The van der Waals surface area contributed by atoms with E-state index in [4.69, 9.17) is 9.47 Å². The first-order valence-electron chi connectivity index (χ1n) is 6.94. The van der Waals surface area contributed by atoms with Gasteiger partial charge in [-0.05, 0) is 19.4 Å². The summed E-state index contributed by atoms with van der Waals surface area (Å²) >= 11 is 1.51. The first-order valence-corrected chi connectivity index (χ1v) is 7.82. The largest absolute Gasteiger partial charge is 0.461 e. The van der Waals surface area contributed by atoms with E-state index in [2.05, 4.69) is 4.98 Å². The van der Waals surface area contributed by atoms with Crippen molar-refractivity contribution in [3.05, 3.63) is 52.0 Å². The lowest BCUT2D eigenvalue weighted by molar-refractivity contribution is -0.144. The predicted octanol–water partition coefficient (Wildman–Crippen LogP) is 3.53. The minimum absolute atomic E-state index is 0.0333. The summed E-state index contributed by atoms with van der Waals surface area (Å²) in [7, 11) is 0. The molecule has 0 aliphatic heterocycles. The number of benzene rings is 1. The van der Waals surface area contributed by atoms with Crippen LogP contribution in [0, 0.1) is 0 Å². The van der Waals surface area contributed by atoms with Crippen molar-refractivity contribution >= 4 is 17.3 Å². The van der Waals surface area contributed by atoms with Crippen LogP contribution in [0.2, 0.25) is 0 Å². The molecule has 21 heavy (non-hydrogen) atoms. The van der Waals surface area contributed by atoms with Crippen molar-refractivity contribution in [2.75, 3.05) is 6.61 Å². The van der Waals surface area contributed by atoms with Crippen LogP contribution in [0.4, 0.5) is 0 Å². The highest BCUT2D eigenvalue weighted by molar-refractivity contribution is 7.09. The molecule has 1 aromatic carbocycles. The summed E-state index contributed by atoms with van der Waals surface area (Å²) in [6, 6.07) is 9.63. The Balaban J connectivity index is 1.83. The summed E-state index contributed by atoms with van der Waals surface area (Å²) in [6.45, 7) is 4.85. The third-order valence-electron chi connectivity index (χ3n) is 2.90. The second kappa shape index (κ2) is 7.90. The third kappa shape index (κ3) is 4.95. The first-order chi connectivity index (χ1) is 10.2. The van der Waals surface area contributed by atoms with Gasteiger partial charge in [-0.25, -0.2) is 4.98 Å². The van der Waals surface area contributed by atoms with Crippen LogP contribution in [0.5, 0.6) is 0 Å². The molecule has 0 N–H and O–H groups in total. The Bertz CT molecular complexity index is 568. The molecule has 0 saturated heterocycles. The molecule has 4 nitrogen and oxygen atoms in total. The van der Waals surface area contributed by atoms with Gasteiger partial charge in [-0.1, -0.05) is 30.3 Å². The standard InChI is InChI=1S/C16H19NO3S/c1-3-19-12(2)16-17-14(11-21-16)9-15(18)20-10-13-7-5-4-6-8-13/h4-8,11-12H,3,9-10H2,1-2H3. The highest BCUT2D eigenvalue weighted by Crippen LogP contribution is 2.21. The van der Waals surface area contributed by atoms with Crippen molar-refractivity contribution in [2.45, 2.75) is 33.0 Å². The lowest BCUT2D eigenvalue weighted by atomic mass is 10.2. The Morgan fingerprint density at radius 3 is 2.81 bits per heavy atom. The maximum absolute atomic E-state index is 11.8. The molecule has 1 unspecified atom stereocenters. The Kier molecular flexibility index (Phi) is 5.90. The molecular formula is C16H19NO3S. The fraction of sp³-hybridized carbons (Fsp3) is 0.375.